The minimum Gasteiger partial charge on any atom is -0.299 e. The quantitative estimate of drug-likeness (QED) is 0.669. The summed E-state index contributed by atoms with van der Waals surface area (Å²) in [5.74, 6) is 0.830. The molecule has 0 radical (unpaired) electrons. The first-order chi connectivity index (χ1) is 10.1. The second kappa shape index (κ2) is 7.93. The van der Waals surface area contributed by atoms with E-state index in [9.17, 15) is 9.18 Å². The lowest BCUT2D eigenvalue weighted by atomic mass is 9.77. The molecule has 0 spiro atoms. The summed E-state index contributed by atoms with van der Waals surface area (Å²) in [5, 5.41) is 0.487. The molecule has 21 heavy (non-hydrogen) atoms. The Morgan fingerprint density at radius 2 is 2.00 bits per heavy atom. The van der Waals surface area contributed by atoms with Crippen molar-refractivity contribution in [2.45, 2.75) is 58.3 Å². The molecule has 0 bridgehead atoms. The van der Waals surface area contributed by atoms with Crippen LogP contribution in [0, 0.1) is 17.7 Å². The standard InChI is InChI=1S/C18H24ClFO/c1-2-3-4-13-5-7-14(8-6-13)18(21)12-15-11-16(20)9-10-17(15)19/h9-11,13-14H,2-8,12H2,1H3. The maximum absolute atomic E-state index is 13.2. The lowest BCUT2D eigenvalue weighted by Gasteiger charge is -2.27. The molecule has 1 saturated carbocycles. The highest BCUT2D eigenvalue weighted by atomic mass is 35.5. The van der Waals surface area contributed by atoms with Gasteiger partial charge < -0.3 is 0 Å². The third kappa shape index (κ3) is 4.81. The number of carbonyl (C=O) groups is 1. The van der Waals surface area contributed by atoms with Crippen LogP contribution in [0.4, 0.5) is 4.39 Å². The molecule has 1 fully saturated rings. The van der Waals surface area contributed by atoms with Crippen LogP contribution in [-0.4, -0.2) is 5.78 Å². The average Bonchev–Trinajstić information content (AvgIpc) is 2.49. The second-order valence-electron chi connectivity index (χ2n) is 6.24. The van der Waals surface area contributed by atoms with Gasteiger partial charge in [-0.05, 0) is 55.4 Å². The highest BCUT2D eigenvalue weighted by Crippen LogP contribution is 2.33. The minimum atomic E-state index is -0.328. The zero-order valence-electron chi connectivity index (χ0n) is 12.7. The van der Waals surface area contributed by atoms with E-state index >= 15 is 0 Å². The Kier molecular flexibility index (Phi) is 6.22. The van der Waals surface area contributed by atoms with Crippen molar-refractivity contribution < 1.29 is 9.18 Å². The molecular formula is C18H24ClFO. The van der Waals surface area contributed by atoms with Gasteiger partial charge in [-0.1, -0.05) is 37.8 Å². The summed E-state index contributed by atoms with van der Waals surface area (Å²) in [6.45, 7) is 2.22. The number of ketones is 1. The molecule has 0 amide bonds. The summed E-state index contributed by atoms with van der Waals surface area (Å²) in [4.78, 5) is 12.4. The minimum absolute atomic E-state index is 0.141. The lowest BCUT2D eigenvalue weighted by molar-refractivity contribution is -0.123. The predicted molar refractivity (Wildman–Crippen MR) is 85.1 cm³/mol. The first-order valence-corrected chi connectivity index (χ1v) is 8.44. The van der Waals surface area contributed by atoms with E-state index in [-0.39, 0.29) is 23.9 Å². The van der Waals surface area contributed by atoms with E-state index in [1.54, 1.807) is 0 Å². The van der Waals surface area contributed by atoms with Gasteiger partial charge >= 0.3 is 0 Å². The third-order valence-electron chi connectivity index (χ3n) is 4.64. The van der Waals surface area contributed by atoms with Crippen molar-refractivity contribution in [3.05, 3.63) is 34.6 Å². The maximum Gasteiger partial charge on any atom is 0.140 e. The summed E-state index contributed by atoms with van der Waals surface area (Å²) < 4.78 is 13.2. The van der Waals surface area contributed by atoms with Gasteiger partial charge in [-0.25, -0.2) is 4.39 Å². The van der Waals surface area contributed by atoms with Crippen LogP contribution in [0.5, 0.6) is 0 Å². The van der Waals surface area contributed by atoms with Crippen molar-refractivity contribution in [1.29, 1.82) is 0 Å². The van der Waals surface area contributed by atoms with Crippen LogP contribution in [0.15, 0.2) is 18.2 Å². The van der Waals surface area contributed by atoms with Gasteiger partial charge in [0.15, 0.2) is 0 Å². The molecule has 1 aromatic carbocycles. The Morgan fingerprint density at radius 3 is 2.67 bits per heavy atom. The Morgan fingerprint density at radius 1 is 1.29 bits per heavy atom. The molecule has 2 rings (SSSR count). The van der Waals surface area contributed by atoms with Crippen LogP contribution in [0.25, 0.3) is 0 Å². The smallest absolute Gasteiger partial charge is 0.140 e. The molecule has 0 N–H and O–H groups in total. The summed E-state index contributed by atoms with van der Waals surface area (Å²) >= 11 is 6.04. The number of hydrogen-bond acceptors (Lipinski definition) is 1. The van der Waals surface area contributed by atoms with E-state index in [1.807, 2.05) is 0 Å². The molecule has 0 heterocycles. The molecule has 1 nitrogen and oxygen atoms in total. The Labute approximate surface area is 131 Å². The van der Waals surface area contributed by atoms with E-state index in [1.165, 1.54) is 37.5 Å². The summed E-state index contributed by atoms with van der Waals surface area (Å²) in [7, 11) is 0. The van der Waals surface area contributed by atoms with E-state index in [0.717, 1.165) is 31.6 Å². The van der Waals surface area contributed by atoms with E-state index in [0.29, 0.717) is 10.6 Å². The average molecular weight is 311 g/mol. The number of Topliss-reactive ketones (excluding diaryl/α,β-unsaturated/α-hetero) is 1. The molecule has 0 unspecified atom stereocenters. The zero-order valence-corrected chi connectivity index (χ0v) is 13.5. The fraction of sp³-hybridized carbons (Fsp3) is 0.611. The monoisotopic (exact) mass is 310 g/mol. The normalized spacial score (nSPS) is 22.2. The van der Waals surface area contributed by atoms with Crippen molar-refractivity contribution in [2.75, 3.05) is 0 Å². The molecule has 1 aliphatic rings. The first kappa shape index (κ1) is 16.5. The van der Waals surface area contributed by atoms with Gasteiger partial charge in [-0.2, -0.15) is 0 Å². The number of halogens is 2. The largest absolute Gasteiger partial charge is 0.299 e. The Bertz CT molecular complexity index is 478. The molecule has 3 heteroatoms. The number of unbranched alkanes of at least 4 members (excludes halogenated alkanes) is 1. The van der Waals surface area contributed by atoms with Crippen molar-refractivity contribution in [1.82, 2.24) is 0 Å². The fourth-order valence-corrected chi connectivity index (χ4v) is 3.46. The van der Waals surface area contributed by atoms with E-state index < -0.39 is 0 Å². The third-order valence-corrected chi connectivity index (χ3v) is 5.01. The Balaban J connectivity index is 1.86. The van der Waals surface area contributed by atoms with Crippen molar-refractivity contribution in [3.8, 4) is 0 Å². The van der Waals surface area contributed by atoms with Gasteiger partial charge in [-0.3, -0.25) is 4.79 Å². The van der Waals surface area contributed by atoms with Crippen molar-refractivity contribution in [2.24, 2.45) is 11.8 Å². The van der Waals surface area contributed by atoms with Crippen LogP contribution in [0.3, 0.4) is 0 Å². The molecule has 116 valence electrons. The van der Waals surface area contributed by atoms with E-state index in [4.69, 9.17) is 11.6 Å². The molecule has 0 aliphatic heterocycles. The second-order valence-corrected chi connectivity index (χ2v) is 6.65. The molecule has 1 aliphatic carbocycles. The molecule has 0 saturated heterocycles. The first-order valence-electron chi connectivity index (χ1n) is 8.06. The Hall–Kier alpha value is -0.890. The maximum atomic E-state index is 13.2. The van der Waals surface area contributed by atoms with Crippen LogP contribution < -0.4 is 0 Å². The molecule has 0 atom stereocenters. The fourth-order valence-electron chi connectivity index (χ4n) is 3.28. The zero-order chi connectivity index (χ0) is 15.2. The summed E-state index contributed by atoms with van der Waals surface area (Å²) in [6.07, 6.45) is 8.40. The number of rotatable bonds is 6. The van der Waals surface area contributed by atoms with Gasteiger partial charge in [0.25, 0.3) is 0 Å². The molecule has 1 aromatic rings. The van der Waals surface area contributed by atoms with Crippen LogP contribution >= 0.6 is 11.6 Å². The van der Waals surface area contributed by atoms with Gasteiger partial charge in [0, 0.05) is 17.4 Å². The van der Waals surface area contributed by atoms with Crippen LogP contribution in [0.2, 0.25) is 5.02 Å². The van der Waals surface area contributed by atoms with Crippen molar-refractivity contribution >= 4 is 17.4 Å². The highest BCUT2D eigenvalue weighted by molar-refractivity contribution is 6.31. The highest BCUT2D eigenvalue weighted by Gasteiger charge is 2.26. The summed E-state index contributed by atoms with van der Waals surface area (Å²) in [5.41, 5.74) is 0.620. The summed E-state index contributed by atoms with van der Waals surface area (Å²) in [6, 6.07) is 4.24. The molecule has 0 aromatic heterocycles. The van der Waals surface area contributed by atoms with Crippen molar-refractivity contribution in [3.63, 3.8) is 0 Å². The number of benzene rings is 1. The van der Waals surface area contributed by atoms with Crippen LogP contribution in [-0.2, 0) is 11.2 Å². The van der Waals surface area contributed by atoms with Gasteiger partial charge in [-0.15, -0.1) is 0 Å². The molecular weight excluding hydrogens is 287 g/mol. The van der Waals surface area contributed by atoms with Gasteiger partial charge in [0.05, 0.1) is 0 Å². The predicted octanol–water partition coefficient (Wildman–Crippen LogP) is 5.59. The number of carbonyl (C=O) groups excluding carboxylic acids is 1. The van der Waals surface area contributed by atoms with E-state index in [2.05, 4.69) is 6.92 Å². The van der Waals surface area contributed by atoms with Gasteiger partial charge in [0.2, 0.25) is 0 Å². The van der Waals surface area contributed by atoms with Crippen LogP contribution in [0.1, 0.15) is 57.4 Å². The topological polar surface area (TPSA) is 17.1 Å². The lowest BCUT2D eigenvalue weighted by Crippen LogP contribution is -2.23. The SMILES string of the molecule is CCCCC1CCC(C(=O)Cc2cc(F)ccc2Cl)CC1. The van der Waals surface area contributed by atoms with Gasteiger partial charge in [0.1, 0.15) is 11.6 Å². The number of hydrogen-bond donors (Lipinski definition) is 0.